The molecule has 144 valence electrons. The van der Waals surface area contributed by atoms with Crippen molar-refractivity contribution in [2.24, 2.45) is 0 Å². The Bertz CT molecular complexity index is 761. The van der Waals surface area contributed by atoms with Crippen LogP contribution in [0.1, 0.15) is 6.92 Å². The first-order chi connectivity index (χ1) is 12.9. The molecule has 0 aliphatic rings. The number of thioether (sulfide) groups is 1. The molecule has 0 heterocycles. The maximum absolute atomic E-state index is 12.4. The van der Waals surface area contributed by atoms with Crippen molar-refractivity contribution in [2.75, 3.05) is 33.1 Å². The summed E-state index contributed by atoms with van der Waals surface area (Å²) in [6, 6.07) is 14.5. The minimum atomic E-state index is -0.257. The molecule has 0 aromatic heterocycles. The predicted octanol–water partition coefficient (Wildman–Crippen LogP) is 3.28. The molecule has 0 saturated carbocycles. The molecule has 1 unspecified atom stereocenters. The van der Waals surface area contributed by atoms with E-state index in [2.05, 4.69) is 5.32 Å². The first kappa shape index (κ1) is 20.6. The molecule has 2 rings (SSSR count). The Labute approximate surface area is 163 Å². The van der Waals surface area contributed by atoms with Crippen LogP contribution in [0.5, 0.6) is 11.5 Å². The Kier molecular flexibility index (Phi) is 7.55. The number of rotatable bonds is 8. The van der Waals surface area contributed by atoms with E-state index in [4.69, 9.17) is 9.47 Å². The first-order valence-electron chi connectivity index (χ1n) is 8.43. The van der Waals surface area contributed by atoms with Gasteiger partial charge in [0.1, 0.15) is 11.5 Å². The predicted molar refractivity (Wildman–Crippen MR) is 108 cm³/mol. The van der Waals surface area contributed by atoms with Gasteiger partial charge in [0.15, 0.2) is 6.61 Å². The molecule has 0 saturated heterocycles. The number of benzene rings is 2. The highest BCUT2D eigenvalue weighted by molar-refractivity contribution is 8.00. The van der Waals surface area contributed by atoms with Crippen molar-refractivity contribution in [2.45, 2.75) is 17.1 Å². The smallest absolute Gasteiger partial charge is 0.259 e. The minimum absolute atomic E-state index is 0.0196. The zero-order valence-electron chi connectivity index (χ0n) is 15.9. The highest BCUT2D eigenvalue weighted by Gasteiger charge is 2.15. The molecule has 1 N–H and O–H groups in total. The molecule has 2 aromatic rings. The fraction of sp³-hybridized carbons (Fsp3) is 0.300. The van der Waals surface area contributed by atoms with Gasteiger partial charge in [0.2, 0.25) is 5.91 Å². The summed E-state index contributed by atoms with van der Waals surface area (Å²) in [4.78, 5) is 26.4. The normalized spacial score (nSPS) is 11.4. The number of nitrogens with one attached hydrogen (secondary N) is 1. The highest BCUT2D eigenvalue weighted by Crippen LogP contribution is 2.26. The molecule has 2 aromatic carbocycles. The maximum Gasteiger partial charge on any atom is 0.259 e. The van der Waals surface area contributed by atoms with E-state index in [0.29, 0.717) is 11.4 Å². The fourth-order valence-corrected chi connectivity index (χ4v) is 2.93. The number of nitrogens with zero attached hydrogens (tertiary/aromatic N) is 1. The summed E-state index contributed by atoms with van der Waals surface area (Å²) in [6.45, 7) is 1.84. The van der Waals surface area contributed by atoms with Crippen LogP contribution in [-0.2, 0) is 9.59 Å². The topological polar surface area (TPSA) is 67.9 Å². The third-order valence-electron chi connectivity index (χ3n) is 3.72. The quantitative estimate of drug-likeness (QED) is 0.703. The number of carbonyl (C=O) groups is 2. The largest absolute Gasteiger partial charge is 0.497 e. The van der Waals surface area contributed by atoms with Gasteiger partial charge in [-0.05, 0) is 55.5 Å². The van der Waals surface area contributed by atoms with Crippen molar-refractivity contribution < 1.29 is 19.1 Å². The van der Waals surface area contributed by atoms with Crippen molar-refractivity contribution >= 4 is 29.3 Å². The van der Waals surface area contributed by atoms with Gasteiger partial charge in [-0.15, -0.1) is 11.8 Å². The van der Waals surface area contributed by atoms with Gasteiger partial charge in [-0.25, -0.2) is 0 Å². The van der Waals surface area contributed by atoms with E-state index < -0.39 is 0 Å². The number of hydrogen-bond donors (Lipinski definition) is 1. The lowest BCUT2D eigenvalue weighted by Gasteiger charge is -2.13. The lowest BCUT2D eigenvalue weighted by Crippen LogP contribution is -2.27. The average molecular weight is 388 g/mol. The number of hydrogen-bond acceptors (Lipinski definition) is 5. The fourth-order valence-electron chi connectivity index (χ4n) is 2.06. The second-order valence-corrected chi connectivity index (χ2v) is 7.44. The average Bonchev–Trinajstić information content (AvgIpc) is 2.67. The molecule has 0 bridgehead atoms. The SMILES string of the molecule is COc1ccc(SC(C)C(=O)Nc2ccc(OCC(=O)N(C)C)cc2)cc1. The number of ether oxygens (including phenoxy) is 2. The molecule has 27 heavy (non-hydrogen) atoms. The Morgan fingerprint density at radius 1 is 1.04 bits per heavy atom. The zero-order valence-corrected chi connectivity index (χ0v) is 16.7. The zero-order chi connectivity index (χ0) is 19.8. The van der Waals surface area contributed by atoms with Gasteiger partial charge in [-0.2, -0.15) is 0 Å². The maximum atomic E-state index is 12.4. The Balaban J connectivity index is 1.85. The third-order valence-corrected chi connectivity index (χ3v) is 4.84. The van der Waals surface area contributed by atoms with E-state index in [0.717, 1.165) is 10.6 Å². The van der Waals surface area contributed by atoms with E-state index in [1.807, 2.05) is 31.2 Å². The molecule has 0 radical (unpaired) electrons. The van der Waals surface area contributed by atoms with Gasteiger partial charge in [-0.3, -0.25) is 9.59 Å². The molecule has 0 spiro atoms. The molecular formula is C20H24N2O4S. The van der Waals surface area contributed by atoms with Crippen LogP contribution < -0.4 is 14.8 Å². The van der Waals surface area contributed by atoms with Crippen LogP contribution in [0.15, 0.2) is 53.4 Å². The van der Waals surface area contributed by atoms with Crippen molar-refractivity contribution in [3.63, 3.8) is 0 Å². The summed E-state index contributed by atoms with van der Waals surface area (Å²) in [5.74, 6) is 1.15. The molecule has 1 atom stereocenters. The summed E-state index contributed by atoms with van der Waals surface area (Å²) >= 11 is 1.47. The van der Waals surface area contributed by atoms with Crippen LogP contribution in [0.3, 0.4) is 0 Å². The summed E-state index contributed by atoms with van der Waals surface area (Å²) in [5.41, 5.74) is 0.675. The third kappa shape index (κ3) is 6.53. The van der Waals surface area contributed by atoms with Crippen molar-refractivity contribution in [3.8, 4) is 11.5 Å². The number of carbonyl (C=O) groups excluding carboxylic acids is 2. The number of methoxy groups -OCH3 is 1. The van der Waals surface area contributed by atoms with Crippen LogP contribution in [0, 0.1) is 0 Å². The van der Waals surface area contributed by atoms with Gasteiger partial charge in [-0.1, -0.05) is 0 Å². The Hall–Kier alpha value is -2.67. The molecule has 0 aliphatic heterocycles. The van der Waals surface area contributed by atoms with Gasteiger partial charge in [0.25, 0.3) is 5.91 Å². The van der Waals surface area contributed by atoms with E-state index >= 15 is 0 Å². The molecule has 0 aliphatic carbocycles. The number of likely N-dealkylation sites (N-methyl/N-ethyl adjacent to an activating group) is 1. The van der Waals surface area contributed by atoms with Crippen molar-refractivity contribution in [1.29, 1.82) is 0 Å². The Morgan fingerprint density at radius 3 is 2.19 bits per heavy atom. The number of amides is 2. The first-order valence-corrected chi connectivity index (χ1v) is 9.31. The molecule has 2 amide bonds. The molecule has 6 nitrogen and oxygen atoms in total. The van der Waals surface area contributed by atoms with Crippen molar-refractivity contribution in [3.05, 3.63) is 48.5 Å². The molecular weight excluding hydrogens is 364 g/mol. The lowest BCUT2D eigenvalue weighted by atomic mass is 10.3. The summed E-state index contributed by atoms with van der Waals surface area (Å²) in [5, 5.41) is 2.62. The van der Waals surface area contributed by atoms with E-state index in [9.17, 15) is 9.59 Å². The van der Waals surface area contributed by atoms with Crippen LogP contribution in [0.4, 0.5) is 5.69 Å². The summed E-state index contributed by atoms with van der Waals surface area (Å²) < 4.78 is 10.5. The van der Waals surface area contributed by atoms with Crippen LogP contribution >= 0.6 is 11.8 Å². The molecule has 7 heteroatoms. The number of anilines is 1. The van der Waals surface area contributed by atoms with E-state index in [-0.39, 0.29) is 23.7 Å². The summed E-state index contributed by atoms with van der Waals surface area (Å²) in [7, 11) is 4.97. The lowest BCUT2D eigenvalue weighted by molar-refractivity contribution is -0.130. The van der Waals surface area contributed by atoms with Crippen LogP contribution in [0.25, 0.3) is 0 Å². The highest BCUT2D eigenvalue weighted by atomic mass is 32.2. The standard InChI is InChI=1S/C20H24N2O4S/c1-14(27-18-11-9-16(25-4)10-12-18)20(24)21-15-5-7-17(8-6-15)26-13-19(23)22(2)3/h5-12,14H,13H2,1-4H3,(H,21,24). The van der Waals surface area contributed by atoms with Gasteiger partial charge >= 0.3 is 0 Å². The molecule has 0 fully saturated rings. The second-order valence-electron chi connectivity index (χ2n) is 6.03. The monoisotopic (exact) mass is 388 g/mol. The van der Waals surface area contributed by atoms with E-state index in [1.54, 1.807) is 45.5 Å². The van der Waals surface area contributed by atoms with Crippen LogP contribution in [0.2, 0.25) is 0 Å². The van der Waals surface area contributed by atoms with Gasteiger partial charge < -0.3 is 19.7 Å². The van der Waals surface area contributed by atoms with Crippen LogP contribution in [-0.4, -0.2) is 49.8 Å². The van der Waals surface area contributed by atoms with E-state index in [1.165, 1.54) is 16.7 Å². The van der Waals surface area contributed by atoms with Crippen molar-refractivity contribution in [1.82, 2.24) is 4.90 Å². The summed E-state index contributed by atoms with van der Waals surface area (Å²) in [6.07, 6.45) is 0. The minimum Gasteiger partial charge on any atom is -0.497 e. The van der Waals surface area contributed by atoms with Gasteiger partial charge in [0, 0.05) is 24.7 Å². The Morgan fingerprint density at radius 2 is 1.63 bits per heavy atom. The van der Waals surface area contributed by atoms with Gasteiger partial charge in [0.05, 0.1) is 12.4 Å². The second kappa shape index (κ2) is 9.87.